The van der Waals surface area contributed by atoms with E-state index in [1.54, 1.807) is 6.20 Å². The molecule has 106 valence electrons. The Morgan fingerprint density at radius 1 is 1.47 bits per heavy atom. The number of carbonyl (C=O) groups is 1. The summed E-state index contributed by atoms with van der Waals surface area (Å²) in [6.45, 7) is 6.64. The Morgan fingerprint density at radius 2 is 2.21 bits per heavy atom. The molecule has 4 heteroatoms. The number of ether oxygens (including phenoxy) is 1. The summed E-state index contributed by atoms with van der Waals surface area (Å²) in [6, 6.07) is 5.70. The highest BCUT2D eigenvalue weighted by atomic mass is 16.5. The molecule has 0 bridgehead atoms. The van der Waals surface area contributed by atoms with Gasteiger partial charge in [-0.1, -0.05) is 19.9 Å². The molecule has 4 nitrogen and oxygen atoms in total. The Kier molecular flexibility index (Phi) is 5.96. The van der Waals surface area contributed by atoms with E-state index in [0.29, 0.717) is 25.4 Å². The molecule has 1 rings (SSSR count). The van der Waals surface area contributed by atoms with Gasteiger partial charge < -0.3 is 10.5 Å². The molecule has 0 aliphatic heterocycles. The minimum absolute atomic E-state index is 0.211. The average molecular weight is 264 g/mol. The number of nitrogens with zero attached hydrogens (tertiary/aromatic N) is 1. The van der Waals surface area contributed by atoms with Crippen molar-refractivity contribution < 1.29 is 9.53 Å². The lowest BCUT2D eigenvalue weighted by Gasteiger charge is -2.31. The molecule has 0 saturated heterocycles. The zero-order valence-corrected chi connectivity index (χ0v) is 12.1. The molecule has 0 spiro atoms. The van der Waals surface area contributed by atoms with Gasteiger partial charge in [-0.25, -0.2) is 0 Å². The van der Waals surface area contributed by atoms with Crippen molar-refractivity contribution >= 4 is 5.97 Å². The van der Waals surface area contributed by atoms with Gasteiger partial charge in [-0.15, -0.1) is 0 Å². The van der Waals surface area contributed by atoms with Gasteiger partial charge in [0.15, 0.2) is 0 Å². The van der Waals surface area contributed by atoms with E-state index < -0.39 is 5.41 Å². The van der Waals surface area contributed by atoms with Crippen LogP contribution in [0.25, 0.3) is 0 Å². The average Bonchev–Trinajstić information content (AvgIpc) is 2.38. The molecule has 1 aromatic rings. The van der Waals surface area contributed by atoms with E-state index >= 15 is 0 Å². The number of pyridine rings is 1. The van der Waals surface area contributed by atoms with E-state index in [9.17, 15) is 4.79 Å². The first-order chi connectivity index (χ1) is 9.04. The molecule has 1 aromatic heterocycles. The van der Waals surface area contributed by atoms with Gasteiger partial charge in [0.05, 0.1) is 12.0 Å². The van der Waals surface area contributed by atoms with Crippen molar-refractivity contribution in [2.45, 2.75) is 33.6 Å². The maximum atomic E-state index is 12.3. The maximum Gasteiger partial charge on any atom is 0.313 e. The van der Waals surface area contributed by atoms with Crippen LogP contribution < -0.4 is 5.73 Å². The van der Waals surface area contributed by atoms with Crippen molar-refractivity contribution in [3.63, 3.8) is 0 Å². The van der Waals surface area contributed by atoms with Crippen molar-refractivity contribution in [1.29, 1.82) is 0 Å². The minimum Gasteiger partial charge on any atom is -0.466 e. The van der Waals surface area contributed by atoms with Crippen LogP contribution in [0.3, 0.4) is 0 Å². The lowest BCUT2D eigenvalue weighted by Crippen LogP contribution is -2.43. The van der Waals surface area contributed by atoms with Crippen molar-refractivity contribution in [1.82, 2.24) is 4.98 Å². The first-order valence-electron chi connectivity index (χ1n) is 6.81. The molecule has 19 heavy (non-hydrogen) atoms. The van der Waals surface area contributed by atoms with Crippen LogP contribution in [0.5, 0.6) is 0 Å². The fourth-order valence-corrected chi connectivity index (χ4v) is 2.38. The topological polar surface area (TPSA) is 65.2 Å². The summed E-state index contributed by atoms with van der Waals surface area (Å²) < 4.78 is 5.22. The third kappa shape index (κ3) is 4.31. The number of rotatable bonds is 7. The first-order valence-corrected chi connectivity index (χ1v) is 6.81. The van der Waals surface area contributed by atoms with E-state index in [1.807, 2.05) is 25.1 Å². The van der Waals surface area contributed by atoms with Crippen LogP contribution >= 0.6 is 0 Å². The zero-order valence-electron chi connectivity index (χ0n) is 12.1. The van der Waals surface area contributed by atoms with E-state index in [1.165, 1.54) is 0 Å². The fourth-order valence-electron chi connectivity index (χ4n) is 2.38. The monoisotopic (exact) mass is 264 g/mol. The number of carbonyl (C=O) groups excluding carboxylic acids is 1. The molecule has 0 fully saturated rings. The zero-order chi connectivity index (χ0) is 14.3. The van der Waals surface area contributed by atoms with E-state index in [4.69, 9.17) is 10.5 Å². The third-order valence-electron chi connectivity index (χ3n) is 3.14. The van der Waals surface area contributed by atoms with Crippen LogP contribution in [-0.2, 0) is 16.0 Å². The summed E-state index contributed by atoms with van der Waals surface area (Å²) in [5.74, 6) is 0.161. The highest BCUT2D eigenvalue weighted by Crippen LogP contribution is 2.31. The van der Waals surface area contributed by atoms with Gasteiger partial charge in [-0.05, 0) is 31.4 Å². The summed E-state index contributed by atoms with van der Waals surface area (Å²) in [6.07, 6.45) is 2.97. The number of aromatic nitrogens is 1. The second-order valence-corrected chi connectivity index (χ2v) is 5.30. The highest BCUT2D eigenvalue weighted by molar-refractivity contribution is 5.77. The van der Waals surface area contributed by atoms with Crippen LogP contribution in [0.15, 0.2) is 24.4 Å². The molecule has 1 unspecified atom stereocenters. The van der Waals surface area contributed by atoms with Gasteiger partial charge >= 0.3 is 5.97 Å². The Labute approximate surface area is 115 Å². The summed E-state index contributed by atoms with van der Waals surface area (Å²) in [4.78, 5) is 16.6. The molecule has 0 radical (unpaired) electrons. The summed E-state index contributed by atoms with van der Waals surface area (Å²) in [7, 11) is 0. The summed E-state index contributed by atoms with van der Waals surface area (Å²) in [5.41, 5.74) is 6.11. The molecule has 0 aliphatic carbocycles. The van der Waals surface area contributed by atoms with E-state index in [0.717, 1.165) is 5.69 Å². The predicted molar refractivity (Wildman–Crippen MR) is 75.5 cm³/mol. The van der Waals surface area contributed by atoms with Crippen LogP contribution in [-0.4, -0.2) is 24.1 Å². The molecular weight excluding hydrogens is 240 g/mol. The molecule has 0 saturated carbocycles. The van der Waals surface area contributed by atoms with Crippen molar-refractivity contribution in [3.05, 3.63) is 30.1 Å². The molecule has 2 N–H and O–H groups in total. The number of hydrogen-bond donors (Lipinski definition) is 1. The fraction of sp³-hybridized carbons (Fsp3) is 0.600. The van der Waals surface area contributed by atoms with Gasteiger partial charge in [0, 0.05) is 24.9 Å². The van der Waals surface area contributed by atoms with Gasteiger partial charge in [0.25, 0.3) is 0 Å². The van der Waals surface area contributed by atoms with Crippen LogP contribution in [0.2, 0.25) is 0 Å². The van der Waals surface area contributed by atoms with Crippen LogP contribution in [0.4, 0.5) is 0 Å². The molecule has 0 amide bonds. The van der Waals surface area contributed by atoms with Gasteiger partial charge in [0.2, 0.25) is 0 Å². The molecule has 1 atom stereocenters. The van der Waals surface area contributed by atoms with Gasteiger partial charge in [0.1, 0.15) is 0 Å². The number of hydrogen-bond acceptors (Lipinski definition) is 4. The SMILES string of the molecule is CCOC(=O)C(CN)(Cc1ccccn1)CC(C)C. The smallest absolute Gasteiger partial charge is 0.313 e. The lowest BCUT2D eigenvalue weighted by atomic mass is 9.76. The normalized spacial score (nSPS) is 14.2. The highest BCUT2D eigenvalue weighted by Gasteiger charge is 2.39. The number of esters is 1. The summed E-state index contributed by atoms with van der Waals surface area (Å²) >= 11 is 0. The largest absolute Gasteiger partial charge is 0.466 e. The second kappa shape index (κ2) is 7.24. The Hall–Kier alpha value is -1.42. The van der Waals surface area contributed by atoms with Gasteiger partial charge in [-0.3, -0.25) is 9.78 Å². The van der Waals surface area contributed by atoms with Crippen LogP contribution in [0, 0.1) is 11.3 Å². The van der Waals surface area contributed by atoms with E-state index in [2.05, 4.69) is 18.8 Å². The van der Waals surface area contributed by atoms with Crippen molar-refractivity contribution in [2.24, 2.45) is 17.1 Å². The van der Waals surface area contributed by atoms with Gasteiger partial charge in [-0.2, -0.15) is 0 Å². The quantitative estimate of drug-likeness (QED) is 0.767. The Morgan fingerprint density at radius 3 is 2.68 bits per heavy atom. The standard InChI is InChI=1S/C15H24N2O2/c1-4-19-14(18)15(11-16,9-12(2)3)10-13-7-5-6-8-17-13/h5-8,12H,4,9-11,16H2,1-3H3. The predicted octanol–water partition coefficient (Wildman–Crippen LogP) is 2.18. The van der Waals surface area contributed by atoms with E-state index in [-0.39, 0.29) is 12.5 Å². The molecular formula is C15H24N2O2. The Bertz CT molecular complexity index is 392. The first kappa shape index (κ1) is 15.6. The molecule has 0 aliphatic rings. The number of nitrogens with two attached hydrogens (primary N) is 1. The van der Waals surface area contributed by atoms with Crippen LogP contribution in [0.1, 0.15) is 32.9 Å². The maximum absolute atomic E-state index is 12.3. The van der Waals surface area contributed by atoms with Crippen molar-refractivity contribution in [3.8, 4) is 0 Å². The minimum atomic E-state index is -0.668. The molecule has 1 heterocycles. The third-order valence-corrected chi connectivity index (χ3v) is 3.14. The van der Waals surface area contributed by atoms with Crippen molar-refractivity contribution in [2.75, 3.05) is 13.2 Å². The summed E-state index contributed by atoms with van der Waals surface area (Å²) in [5, 5.41) is 0. The lowest BCUT2D eigenvalue weighted by molar-refractivity contribution is -0.156. The molecule has 0 aromatic carbocycles. The Balaban J connectivity index is 2.98. The second-order valence-electron chi connectivity index (χ2n) is 5.30.